The lowest BCUT2D eigenvalue weighted by atomic mass is 10.3. The zero-order chi connectivity index (χ0) is 6.97. The number of fused-ring (bicyclic) bond motifs is 1. The van der Waals surface area contributed by atoms with Gasteiger partial charge in [-0.1, -0.05) is 12.1 Å². The average molecular weight is 151 g/mol. The van der Waals surface area contributed by atoms with E-state index < -0.39 is 9.28 Å². The van der Waals surface area contributed by atoms with Crippen LogP contribution in [0.25, 0.3) is 0 Å². The summed E-state index contributed by atoms with van der Waals surface area (Å²) in [6.07, 6.45) is 0. The average Bonchev–Trinajstić information content (AvgIpc) is 2.27. The van der Waals surface area contributed by atoms with Gasteiger partial charge in [-0.2, -0.15) is 0 Å². The third-order valence-electron chi connectivity index (χ3n) is 1.36. The van der Waals surface area contributed by atoms with E-state index in [2.05, 4.69) is 0 Å². The fourth-order valence-corrected chi connectivity index (χ4v) is 1.95. The minimum atomic E-state index is -1.01. The summed E-state index contributed by atoms with van der Waals surface area (Å²) in [5, 5.41) is 0. The minimum absolute atomic E-state index is 0.888. The molecule has 0 atom stereocenters. The first-order chi connectivity index (χ1) is 4.86. The largest absolute Gasteiger partial charge is 0.529 e. The van der Waals surface area contributed by atoms with Gasteiger partial charge >= 0.3 is 9.28 Å². The summed E-state index contributed by atoms with van der Waals surface area (Å²) in [4.78, 5) is 0. The maximum Gasteiger partial charge on any atom is 0.529 e. The zero-order valence-electron chi connectivity index (χ0n) is 5.63. The molecule has 0 aliphatic carbocycles. The standard InChI is InChI=1S/C7H7O2Si/c1-10-8-6-4-2-3-5-7(6)9-10/h2-5H,1H3. The Balaban J connectivity index is 2.42. The highest BCUT2D eigenvalue weighted by molar-refractivity contribution is 6.45. The molecule has 2 nitrogen and oxygen atoms in total. The number of para-hydroxylation sites is 2. The molecule has 1 radical (unpaired) electrons. The highest BCUT2D eigenvalue weighted by Crippen LogP contribution is 2.32. The molecule has 0 spiro atoms. The van der Waals surface area contributed by atoms with Crippen molar-refractivity contribution in [3.63, 3.8) is 0 Å². The molecule has 0 bridgehead atoms. The van der Waals surface area contributed by atoms with Gasteiger partial charge in [-0.25, -0.2) is 0 Å². The monoisotopic (exact) mass is 151 g/mol. The van der Waals surface area contributed by atoms with Crippen molar-refractivity contribution >= 4 is 9.28 Å². The molecule has 0 saturated heterocycles. The van der Waals surface area contributed by atoms with Gasteiger partial charge < -0.3 is 8.85 Å². The van der Waals surface area contributed by atoms with E-state index in [1.165, 1.54) is 0 Å². The molecular formula is C7H7O2Si. The van der Waals surface area contributed by atoms with E-state index in [4.69, 9.17) is 8.85 Å². The Morgan fingerprint density at radius 1 is 1.10 bits per heavy atom. The maximum absolute atomic E-state index is 5.39. The Hall–Kier alpha value is -0.963. The molecule has 1 aromatic rings. The van der Waals surface area contributed by atoms with Crippen LogP contribution in [0.1, 0.15) is 0 Å². The molecule has 3 heteroatoms. The Bertz CT molecular complexity index is 224. The van der Waals surface area contributed by atoms with Crippen LogP contribution in [0.5, 0.6) is 11.5 Å². The predicted octanol–water partition coefficient (Wildman–Crippen LogP) is 1.58. The van der Waals surface area contributed by atoms with E-state index in [1.807, 2.05) is 30.8 Å². The van der Waals surface area contributed by atoms with Crippen LogP contribution in [0.4, 0.5) is 0 Å². The van der Waals surface area contributed by atoms with Gasteiger partial charge in [0.2, 0.25) is 0 Å². The highest BCUT2D eigenvalue weighted by Gasteiger charge is 2.23. The van der Waals surface area contributed by atoms with Gasteiger partial charge in [-0.15, -0.1) is 0 Å². The Labute approximate surface area is 61.2 Å². The minimum Gasteiger partial charge on any atom is -0.507 e. The smallest absolute Gasteiger partial charge is 0.507 e. The molecule has 2 rings (SSSR count). The van der Waals surface area contributed by atoms with E-state index in [-0.39, 0.29) is 0 Å². The van der Waals surface area contributed by atoms with Gasteiger partial charge in [0, 0.05) is 6.55 Å². The van der Waals surface area contributed by atoms with Gasteiger partial charge in [0.25, 0.3) is 0 Å². The van der Waals surface area contributed by atoms with E-state index in [0.717, 1.165) is 11.5 Å². The van der Waals surface area contributed by atoms with Crippen molar-refractivity contribution in [1.82, 2.24) is 0 Å². The molecule has 1 aliphatic heterocycles. The Morgan fingerprint density at radius 3 is 2.10 bits per heavy atom. The maximum atomic E-state index is 5.39. The van der Waals surface area contributed by atoms with Crippen molar-refractivity contribution in [2.75, 3.05) is 0 Å². The van der Waals surface area contributed by atoms with Crippen LogP contribution in [0.15, 0.2) is 24.3 Å². The van der Waals surface area contributed by atoms with Crippen molar-refractivity contribution in [2.24, 2.45) is 0 Å². The molecule has 1 aliphatic rings. The summed E-state index contributed by atoms with van der Waals surface area (Å²) in [6.45, 7) is 1.98. The van der Waals surface area contributed by atoms with E-state index >= 15 is 0 Å². The molecular weight excluding hydrogens is 144 g/mol. The molecule has 0 N–H and O–H groups in total. The van der Waals surface area contributed by atoms with Crippen LogP contribution in [0.3, 0.4) is 0 Å². The van der Waals surface area contributed by atoms with Gasteiger partial charge in [0.1, 0.15) is 11.5 Å². The SMILES string of the molecule is C[Si]1Oc2ccccc2O1. The van der Waals surface area contributed by atoms with E-state index in [1.54, 1.807) is 0 Å². The first kappa shape index (κ1) is 5.79. The van der Waals surface area contributed by atoms with Gasteiger partial charge in [-0.3, -0.25) is 0 Å². The summed E-state index contributed by atoms with van der Waals surface area (Å²) >= 11 is 0. The summed E-state index contributed by atoms with van der Waals surface area (Å²) in [6, 6.07) is 7.75. The van der Waals surface area contributed by atoms with Crippen molar-refractivity contribution in [3.8, 4) is 11.5 Å². The number of benzene rings is 1. The number of hydrogen-bond donors (Lipinski definition) is 0. The third kappa shape index (κ3) is 0.788. The number of rotatable bonds is 0. The van der Waals surface area contributed by atoms with Crippen molar-refractivity contribution in [3.05, 3.63) is 24.3 Å². The second-order valence-corrected chi connectivity index (χ2v) is 3.53. The Kier molecular flexibility index (Phi) is 1.17. The van der Waals surface area contributed by atoms with Crippen LogP contribution in [0, 0.1) is 0 Å². The lowest BCUT2D eigenvalue weighted by Gasteiger charge is -1.93. The summed E-state index contributed by atoms with van der Waals surface area (Å²) in [5.41, 5.74) is 0. The molecule has 10 heavy (non-hydrogen) atoms. The lowest BCUT2D eigenvalue weighted by Crippen LogP contribution is -2.18. The molecule has 0 fully saturated rings. The summed E-state index contributed by atoms with van der Waals surface area (Å²) < 4.78 is 10.8. The fourth-order valence-electron chi connectivity index (χ4n) is 0.949. The van der Waals surface area contributed by atoms with Gasteiger partial charge in [0.05, 0.1) is 0 Å². The van der Waals surface area contributed by atoms with E-state index in [0.29, 0.717) is 0 Å². The first-order valence-corrected chi connectivity index (χ1v) is 4.96. The molecule has 0 unspecified atom stereocenters. The highest BCUT2D eigenvalue weighted by atomic mass is 28.3. The van der Waals surface area contributed by atoms with Crippen LogP contribution in [-0.2, 0) is 0 Å². The van der Waals surface area contributed by atoms with Crippen molar-refractivity contribution in [1.29, 1.82) is 0 Å². The fraction of sp³-hybridized carbons (Fsp3) is 0.143. The Morgan fingerprint density at radius 2 is 1.60 bits per heavy atom. The lowest BCUT2D eigenvalue weighted by molar-refractivity contribution is 0.510. The molecule has 0 aromatic heterocycles. The van der Waals surface area contributed by atoms with Crippen molar-refractivity contribution in [2.45, 2.75) is 6.55 Å². The van der Waals surface area contributed by atoms with Crippen LogP contribution < -0.4 is 8.85 Å². The van der Waals surface area contributed by atoms with Crippen LogP contribution >= 0.6 is 0 Å². The number of hydrogen-bond acceptors (Lipinski definition) is 2. The second-order valence-electron chi connectivity index (χ2n) is 2.14. The summed E-state index contributed by atoms with van der Waals surface area (Å²) in [7, 11) is -1.01. The third-order valence-corrected chi connectivity index (χ3v) is 2.37. The topological polar surface area (TPSA) is 18.5 Å². The van der Waals surface area contributed by atoms with Gasteiger partial charge in [-0.05, 0) is 12.1 Å². The normalized spacial score (nSPS) is 15.7. The van der Waals surface area contributed by atoms with E-state index in [9.17, 15) is 0 Å². The molecule has 1 aromatic carbocycles. The van der Waals surface area contributed by atoms with Crippen LogP contribution in [0.2, 0.25) is 6.55 Å². The molecule has 1 heterocycles. The molecule has 0 amide bonds. The van der Waals surface area contributed by atoms with Crippen LogP contribution in [-0.4, -0.2) is 9.28 Å². The first-order valence-electron chi connectivity index (χ1n) is 3.14. The van der Waals surface area contributed by atoms with Gasteiger partial charge in [0.15, 0.2) is 0 Å². The van der Waals surface area contributed by atoms with Crippen molar-refractivity contribution < 1.29 is 8.85 Å². The zero-order valence-corrected chi connectivity index (χ0v) is 6.63. The molecule has 51 valence electrons. The summed E-state index contributed by atoms with van der Waals surface area (Å²) in [5.74, 6) is 1.78. The quantitative estimate of drug-likeness (QED) is 0.524. The second kappa shape index (κ2) is 2.02. The predicted molar refractivity (Wildman–Crippen MR) is 39.3 cm³/mol. The molecule has 0 saturated carbocycles.